The predicted molar refractivity (Wildman–Crippen MR) is 108 cm³/mol. The average molecular weight is 369 g/mol. The molecule has 6 heteroatoms. The Morgan fingerprint density at radius 1 is 0.889 bits per heavy atom. The van der Waals surface area contributed by atoms with Crippen LogP contribution in [0.15, 0.2) is 36.4 Å². The van der Waals surface area contributed by atoms with Gasteiger partial charge in [-0.1, -0.05) is 6.07 Å². The van der Waals surface area contributed by atoms with Gasteiger partial charge < -0.3 is 24.6 Å². The first-order valence-electron chi connectivity index (χ1n) is 9.11. The molecule has 0 saturated carbocycles. The van der Waals surface area contributed by atoms with Gasteiger partial charge in [0.05, 0.1) is 14.2 Å². The first-order chi connectivity index (χ1) is 13.0. The number of hydrogen-bond acceptors (Lipinski definition) is 4. The molecule has 1 fully saturated rings. The number of nitrogens with one attached hydrogen (secondary N) is 1. The number of carbonyl (C=O) groups excluding carboxylic acids is 1. The van der Waals surface area contributed by atoms with Gasteiger partial charge >= 0.3 is 6.03 Å². The first kappa shape index (κ1) is 18.9. The van der Waals surface area contributed by atoms with Gasteiger partial charge in [-0.3, -0.25) is 0 Å². The number of anilines is 2. The van der Waals surface area contributed by atoms with Crippen molar-refractivity contribution in [3.8, 4) is 11.5 Å². The molecule has 1 N–H and O–H groups in total. The van der Waals surface area contributed by atoms with E-state index in [0.29, 0.717) is 30.3 Å². The summed E-state index contributed by atoms with van der Waals surface area (Å²) in [4.78, 5) is 16.8. The Hall–Kier alpha value is -2.89. The molecule has 1 saturated heterocycles. The van der Waals surface area contributed by atoms with E-state index >= 15 is 0 Å². The molecule has 0 aromatic heterocycles. The van der Waals surface area contributed by atoms with Crippen molar-refractivity contribution in [2.24, 2.45) is 0 Å². The maximum Gasteiger partial charge on any atom is 0.321 e. The Morgan fingerprint density at radius 2 is 1.52 bits per heavy atom. The number of benzene rings is 2. The molecule has 27 heavy (non-hydrogen) atoms. The smallest absolute Gasteiger partial charge is 0.321 e. The van der Waals surface area contributed by atoms with E-state index in [2.05, 4.69) is 42.3 Å². The van der Waals surface area contributed by atoms with Crippen molar-refractivity contribution < 1.29 is 14.3 Å². The Bertz CT molecular complexity index is 794. The minimum atomic E-state index is -0.0951. The molecule has 0 atom stereocenters. The van der Waals surface area contributed by atoms with Crippen LogP contribution in [0.5, 0.6) is 11.5 Å². The molecule has 1 aliphatic rings. The SMILES string of the molecule is COc1ccc(NC(=O)N2CCN(c3cc(C)cc(C)c3)CC2)cc1OC. The van der Waals surface area contributed by atoms with Gasteiger partial charge in [-0.05, 0) is 49.2 Å². The number of rotatable bonds is 4. The van der Waals surface area contributed by atoms with Crippen molar-refractivity contribution in [2.45, 2.75) is 13.8 Å². The summed E-state index contributed by atoms with van der Waals surface area (Å²) in [5, 5.41) is 2.94. The monoisotopic (exact) mass is 369 g/mol. The largest absolute Gasteiger partial charge is 0.493 e. The van der Waals surface area contributed by atoms with Crippen LogP contribution in [0.25, 0.3) is 0 Å². The van der Waals surface area contributed by atoms with E-state index in [4.69, 9.17) is 9.47 Å². The highest BCUT2D eigenvalue weighted by Gasteiger charge is 2.22. The molecular weight excluding hydrogens is 342 g/mol. The van der Waals surface area contributed by atoms with E-state index in [0.717, 1.165) is 13.1 Å². The molecule has 0 bridgehead atoms. The van der Waals surface area contributed by atoms with Crippen LogP contribution in [-0.2, 0) is 0 Å². The maximum absolute atomic E-state index is 12.6. The molecule has 0 unspecified atom stereocenters. The third-order valence-corrected chi connectivity index (χ3v) is 4.77. The maximum atomic E-state index is 12.6. The molecule has 144 valence electrons. The Morgan fingerprint density at radius 3 is 2.11 bits per heavy atom. The summed E-state index contributed by atoms with van der Waals surface area (Å²) in [6.45, 7) is 7.25. The molecule has 2 amide bonds. The summed E-state index contributed by atoms with van der Waals surface area (Å²) < 4.78 is 10.5. The van der Waals surface area contributed by atoms with Gasteiger partial charge in [-0.2, -0.15) is 0 Å². The molecular formula is C21H27N3O3. The Labute approximate surface area is 160 Å². The van der Waals surface area contributed by atoms with Crippen LogP contribution < -0.4 is 19.7 Å². The van der Waals surface area contributed by atoms with Gasteiger partial charge in [-0.15, -0.1) is 0 Å². The highest BCUT2D eigenvalue weighted by Crippen LogP contribution is 2.30. The topological polar surface area (TPSA) is 54.0 Å². The zero-order chi connectivity index (χ0) is 19.4. The van der Waals surface area contributed by atoms with Crippen LogP contribution in [0.1, 0.15) is 11.1 Å². The summed E-state index contributed by atoms with van der Waals surface area (Å²) in [5.74, 6) is 1.23. The van der Waals surface area contributed by atoms with Crippen LogP contribution in [0.2, 0.25) is 0 Å². The van der Waals surface area contributed by atoms with Crippen LogP contribution >= 0.6 is 0 Å². The average Bonchev–Trinajstić information content (AvgIpc) is 2.67. The van der Waals surface area contributed by atoms with Crippen LogP contribution in [-0.4, -0.2) is 51.3 Å². The number of carbonyl (C=O) groups is 1. The molecule has 2 aromatic carbocycles. The predicted octanol–water partition coefficient (Wildman–Crippen LogP) is 3.67. The second kappa shape index (κ2) is 8.20. The minimum absolute atomic E-state index is 0.0951. The number of ether oxygens (including phenoxy) is 2. The van der Waals surface area contributed by atoms with Crippen LogP contribution in [0.3, 0.4) is 0 Å². The fourth-order valence-corrected chi connectivity index (χ4v) is 3.42. The highest BCUT2D eigenvalue weighted by atomic mass is 16.5. The van der Waals surface area contributed by atoms with E-state index in [-0.39, 0.29) is 6.03 Å². The van der Waals surface area contributed by atoms with Gasteiger partial charge in [0.1, 0.15) is 0 Å². The Balaban J connectivity index is 1.60. The van der Waals surface area contributed by atoms with Gasteiger partial charge in [0.2, 0.25) is 0 Å². The lowest BCUT2D eigenvalue weighted by Gasteiger charge is -2.36. The van der Waals surface area contributed by atoms with Gasteiger partial charge in [-0.25, -0.2) is 4.79 Å². The molecule has 2 aromatic rings. The number of aryl methyl sites for hydroxylation is 2. The van der Waals surface area contributed by atoms with Gasteiger partial charge in [0.25, 0.3) is 0 Å². The highest BCUT2D eigenvalue weighted by molar-refractivity contribution is 5.90. The molecule has 6 nitrogen and oxygen atoms in total. The molecule has 1 aliphatic heterocycles. The molecule has 3 rings (SSSR count). The number of amides is 2. The van der Waals surface area contributed by atoms with E-state index in [1.54, 1.807) is 26.4 Å². The number of urea groups is 1. The summed E-state index contributed by atoms with van der Waals surface area (Å²) >= 11 is 0. The van der Waals surface area contributed by atoms with Gasteiger partial charge in [0, 0.05) is 43.6 Å². The number of nitrogens with zero attached hydrogens (tertiary/aromatic N) is 2. The zero-order valence-corrected chi connectivity index (χ0v) is 16.4. The quantitative estimate of drug-likeness (QED) is 0.893. The van der Waals surface area contributed by atoms with E-state index < -0.39 is 0 Å². The third kappa shape index (κ3) is 4.45. The van der Waals surface area contributed by atoms with Crippen molar-refractivity contribution in [1.82, 2.24) is 4.90 Å². The number of hydrogen-bond donors (Lipinski definition) is 1. The second-order valence-corrected chi connectivity index (χ2v) is 6.82. The summed E-state index contributed by atoms with van der Waals surface area (Å²) in [7, 11) is 3.17. The Kier molecular flexibility index (Phi) is 5.74. The summed E-state index contributed by atoms with van der Waals surface area (Å²) in [6.07, 6.45) is 0. The number of piperazine rings is 1. The summed E-state index contributed by atoms with van der Waals surface area (Å²) in [5.41, 5.74) is 4.44. The summed E-state index contributed by atoms with van der Waals surface area (Å²) in [6, 6.07) is 11.8. The van der Waals surface area contributed by atoms with Crippen LogP contribution in [0.4, 0.5) is 16.2 Å². The minimum Gasteiger partial charge on any atom is -0.493 e. The van der Waals surface area contributed by atoms with Crippen molar-refractivity contribution in [3.63, 3.8) is 0 Å². The third-order valence-electron chi connectivity index (χ3n) is 4.77. The normalized spacial score (nSPS) is 14.1. The van der Waals surface area contributed by atoms with Crippen LogP contribution in [0, 0.1) is 13.8 Å². The molecule has 0 aliphatic carbocycles. The van der Waals surface area contributed by atoms with Crippen molar-refractivity contribution in [2.75, 3.05) is 50.6 Å². The van der Waals surface area contributed by atoms with E-state index in [9.17, 15) is 4.79 Å². The first-order valence-corrected chi connectivity index (χ1v) is 9.11. The number of methoxy groups -OCH3 is 2. The lowest BCUT2D eigenvalue weighted by molar-refractivity contribution is 0.208. The lowest BCUT2D eigenvalue weighted by atomic mass is 10.1. The van der Waals surface area contributed by atoms with Gasteiger partial charge in [0.15, 0.2) is 11.5 Å². The van der Waals surface area contributed by atoms with Crippen molar-refractivity contribution >= 4 is 17.4 Å². The second-order valence-electron chi connectivity index (χ2n) is 6.82. The zero-order valence-electron chi connectivity index (χ0n) is 16.4. The lowest BCUT2D eigenvalue weighted by Crippen LogP contribution is -2.50. The van der Waals surface area contributed by atoms with Crippen molar-refractivity contribution in [1.29, 1.82) is 0 Å². The van der Waals surface area contributed by atoms with E-state index in [1.807, 2.05) is 11.0 Å². The molecule has 1 heterocycles. The molecule has 0 radical (unpaired) electrons. The fourth-order valence-electron chi connectivity index (χ4n) is 3.42. The van der Waals surface area contributed by atoms with E-state index in [1.165, 1.54) is 16.8 Å². The molecule has 0 spiro atoms. The standard InChI is InChI=1S/C21H27N3O3/c1-15-11-16(2)13-18(12-15)23-7-9-24(10-8-23)21(25)22-17-5-6-19(26-3)20(14-17)27-4/h5-6,11-14H,7-10H2,1-4H3,(H,22,25). The fraction of sp³-hybridized carbons (Fsp3) is 0.381. The van der Waals surface area contributed by atoms with Crippen molar-refractivity contribution in [3.05, 3.63) is 47.5 Å².